The summed E-state index contributed by atoms with van der Waals surface area (Å²) in [4.78, 5) is 21.6. The van der Waals surface area contributed by atoms with E-state index in [1.807, 2.05) is 4.72 Å². The molecule has 0 bridgehead atoms. The summed E-state index contributed by atoms with van der Waals surface area (Å²) in [5, 5.41) is 11.2. The maximum absolute atomic E-state index is 12.0. The number of rotatable bonds is 5. The number of aliphatic carboxylic acids is 1. The van der Waals surface area contributed by atoms with Crippen molar-refractivity contribution >= 4 is 27.6 Å². The Balaban J connectivity index is 3.13. The molecule has 0 fully saturated rings. The Labute approximate surface area is 117 Å². The van der Waals surface area contributed by atoms with Crippen molar-refractivity contribution in [2.24, 2.45) is 0 Å². The fraction of sp³-hybridized carbons (Fsp3) is 0.333. The molecule has 0 aliphatic heterocycles. The number of hydrogen-bond donors (Lipinski definition) is 3. The zero-order valence-electron chi connectivity index (χ0n) is 11.3. The van der Waals surface area contributed by atoms with Gasteiger partial charge in [-0.25, -0.2) is 8.42 Å². The van der Waals surface area contributed by atoms with Crippen molar-refractivity contribution in [2.45, 2.75) is 31.7 Å². The summed E-state index contributed by atoms with van der Waals surface area (Å²) in [5.41, 5.74) is 1.06. The molecule has 1 aromatic rings. The molecule has 1 atom stereocenters. The maximum Gasteiger partial charge on any atom is 0.321 e. The van der Waals surface area contributed by atoms with E-state index >= 15 is 0 Å². The molecule has 3 N–H and O–H groups in total. The van der Waals surface area contributed by atoms with Gasteiger partial charge in [-0.1, -0.05) is 6.07 Å². The summed E-state index contributed by atoms with van der Waals surface area (Å²) in [5.74, 6) is -1.60. The minimum Gasteiger partial charge on any atom is -0.480 e. The van der Waals surface area contributed by atoms with Gasteiger partial charge in [0.25, 0.3) is 0 Å². The van der Waals surface area contributed by atoms with Crippen LogP contribution >= 0.6 is 0 Å². The van der Waals surface area contributed by atoms with Crippen LogP contribution in [-0.2, 0) is 19.6 Å². The van der Waals surface area contributed by atoms with E-state index in [0.717, 1.165) is 0 Å². The molecule has 0 radical (unpaired) electrons. The molecule has 8 heteroatoms. The molecule has 20 heavy (non-hydrogen) atoms. The van der Waals surface area contributed by atoms with Crippen molar-refractivity contribution in [1.82, 2.24) is 4.72 Å². The monoisotopic (exact) mass is 300 g/mol. The van der Waals surface area contributed by atoms with Crippen LogP contribution in [0.3, 0.4) is 0 Å². The zero-order valence-corrected chi connectivity index (χ0v) is 12.1. The lowest BCUT2D eigenvalue weighted by Crippen LogP contribution is -2.38. The van der Waals surface area contributed by atoms with Crippen molar-refractivity contribution in [3.63, 3.8) is 0 Å². The number of carboxylic acids is 1. The van der Waals surface area contributed by atoms with Crippen LogP contribution < -0.4 is 10.0 Å². The van der Waals surface area contributed by atoms with Crippen LogP contribution in [0.25, 0.3) is 0 Å². The van der Waals surface area contributed by atoms with Crippen molar-refractivity contribution < 1.29 is 23.1 Å². The van der Waals surface area contributed by atoms with Gasteiger partial charge in [-0.2, -0.15) is 4.72 Å². The smallest absolute Gasteiger partial charge is 0.321 e. The first-order chi connectivity index (χ1) is 9.13. The van der Waals surface area contributed by atoms with Crippen molar-refractivity contribution in [1.29, 1.82) is 0 Å². The summed E-state index contributed by atoms with van der Waals surface area (Å²) in [6.07, 6.45) is 0. The molecule has 0 aromatic heterocycles. The second kappa shape index (κ2) is 6.02. The molecule has 0 spiro atoms. The molecule has 0 unspecified atom stereocenters. The van der Waals surface area contributed by atoms with Crippen molar-refractivity contribution in [3.05, 3.63) is 23.8 Å². The van der Waals surface area contributed by atoms with Crippen LogP contribution in [0.5, 0.6) is 0 Å². The molecule has 7 nitrogen and oxygen atoms in total. The first kappa shape index (κ1) is 16.1. The average molecular weight is 300 g/mol. The predicted octanol–water partition coefficient (Wildman–Crippen LogP) is 0.705. The largest absolute Gasteiger partial charge is 0.480 e. The first-order valence-corrected chi connectivity index (χ1v) is 7.25. The highest BCUT2D eigenvalue weighted by Crippen LogP contribution is 2.20. The summed E-state index contributed by atoms with van der Waals surface area (Å²) < 4.78 is 26.1. The van der Waals surface area contributed by atoms with E-state index in [2.05, 4.69) is 5.32 Å². The molecule has 0 saturated heterocycles. The van der Waals surface area contributed by atoms with Gasteiger partial charge in [-0.05, 0) is 31.5 Å². The summed E-state index contributed by atoms with van der Waals surface area (Å²) in [6.45, 7) is 4.25. The van der Waals surface area contributed by atoms with E-state index in [1.165, 1.54) is 32.0 Å². The van der Waals surface area contributed by atoms with Gasteiger partial charge in [0.05, 0.1) is 4.90 Å². The minimum absolute atomic E-state index is 0.111. The second-order valence-corrected chi connectivity index (χ2v) is 6.05. The summed E-state index contributed by atoms with van der Waals surface area (Å²) in [7, 11) is -3.96. The Morgan fingerprint density at radius 1 is 1.30 bits per heavy atom. The fourth-order valence-corrected chi connectivity index (χ4v) is 2.67. The minimum atomic E-state index is -3.96. The Kier molecular flexibility index (Phi) is 4.85. The molecule has 1 aromatic carbocycles. The van der Waals surface area contributed by atoms with Gasteiger partial charge in [-0.3, -0.25) is 9.59 Å². The standard InChI is InChI=1S/C12H16N2O5S/c1-7-4-5-10(6-11(7)13-9(3)15)20(18,19)14-8(2)12(16)17/h4-6,8,14H,1-3H3,(H,13,15)(H,16,17)/t8-/m0/s1. The predicted molar refractivity (Wildman–Crippen MR) is 72.9 cm³/mol. The van der Waals surface area contributed by atoms with Crippen molar-refractivity contribution in [2.75, 3.05) is 5.32 Å². The molecule has 0 saturated carbocycles. The van der Waals surface area contributed by atoms with E-state index in [9.17, 15) is 18.0 Å². The van der Waals surface area contributed by atoms with Gasteiger partial charge in [-0.15, -0.1) is 0 Å². The lowest BCUT2D eigenvalue weighted by molar-refractivity contribution is -0.138. The van der Waals surface area contributed by atoms with Gasteiger partial charge >= 0.3 is 5.97 Å². The number of sulfonamides is 1. The van der Waals surface area contributed by atoms with E-state index in [-0.39, 0.29) is 10.8 Å². The van der Waals surface area contributed by atoms with Gasteiger partial charge in [0.15, 0.2) is 0 Å². The maximum atomic E-state index is 12.0. The van der Waals surface area contributed by atoms with Crippen LogP contribution in [0, 0.1) is 6.92 Å². The number of anilines is 1. The SMILES string of the molecule is CC(=O)Nc1cc(S(=O)(=O)N[C@@H](C)C(=O)O)ccc1C. The van der Waals surface area contributed by atoms with Gasteiger partial charge in [0.2, 0.25) is 15.9 Å². The lowest BCUT2D eigenvalue weighted by atomic mass is 10.2. The first-order valence-electron chi connectivity index (χ1n) is 5.77. The Morgan fingerprint density at radius 3 is 2.40 bits per heavy atom. The highest BCUT2D eigenvalue weighted by molar-refractivity contribution is 7.89. The number of carbonyl (C=O) groups is 2. The molecule has 0 aliphatic rings. The third kappa shape index (κ3) is 4.04. The number of hydrogen-bond acceptors (Lipinski definition) is 4. The van der Waals surface area contributed by atoms with E-state index in [1.54, 1.807) is 6.92 Å². The number of amides is 1. The van der Waals surface area contributed by atoms with Crippen molar-refractivity contribution in [3.8, 4) is 0 Å². The number of aryl methyl sites for hydroxylation is 1. The Hall–Kier alpha value is -1.93. The number of benzene rings is 1. The van der Waals surface area contributed by atoms with Crippen LogP contribution in [0.1, 0.15) is 19.4 Å². The topological polar surface area (TPSA) is 113 Å². The second-order valence-electron chi connectivity index (χ2n) is 4.34. The van der Waals surface area contributed by atoms with Gasteiger partial charge in [0, 0.05) is 12.6 Å². The third-order valence-corrected chi connectivity index (χ3v) is 4.07. The number of nitrogens with one attached hydrogen (secondary N) is 2. The quantitative estimate of drug-likeness (QED) is 0.741. The molecule has 0 aliphatic carbocycles. The van der Waals surface area contributed by atoms with Crippen LogP contribution in [0.4, 0.5) is 5.69 Å². The van der Waals surface area contributed by atoms with E-state index in [4.69, 9.17) is 5.11 Å². The van der Waals surface area contributed by atoms with Gasteiger partial charge < -0.3 is 10.4 Å². The van der Waals surface area contributed by atoms with E-state index < -0.39 is 22.0 Å². The Bertz CT molecular complexity index is 639. The fourth-order valence-electron chi connectivity index (χ4n) is 1.44. The highest BCUT2D eigenvalue weighted by Gasteiger charge is 2.22. The molecular formula is C12H16N2O5S. The molecule has 1 amide bonds. The lowest BCUT2D eigenvalue weighted by Gasteiger charge is -2.12. The molecular weight excluding hydrogens is 284 g/mol. The normalized spacial score (nSPS) is 12.8. The van der Waals surface area contributed by atoms with E-state index in [0.29, 0.717) is 11.3 Å². The van der Waals surface area contributed by atoms with Crippen LogP contribution in [0.2, 0.25) is 0 Å². The molecule has 110 valence electrons. The van der Waals surface area contributed by atoms with Gasteiger partial charge in [0.1, 0.15) is 6.04 Å². The Morgan fingerprint density at radius 2 is 1.90 bits per heavy atom. The summed E-state index contributed by atoms with van der Waals surface area (Å²) >= 11 is 0. The van der Waals surface area contributed by atoms with Crippen LogP contribution in [-0.4, -0.2) is 31.4 Å². The average Bonchev–Trinajstić information content (AvgIpc) is 2.30. The summed E-state index contributed by atoms with van der Waals surface area (Å²) in [6, 6.07) is 2.92. The number of carboxylic acid groups (broad SMARTS) is 1. The molecule has 0 heterocycles. The van der Waals surface area contributed by atoms with Crippen LogP contribution in [0.15, 0.2) is 23.1 Å². The highest BCUT2D eigenvalue weighted by atomic mass is 32.2. The molecule has 1 rings (SSSR count). The third-order valence-electron chi connectivity index (χ3n) is 2.53. The zero-order chi connectivity index (χ0) is 15.5. The number of carbonyl (C=O) groups excluding carboxylic acids is 1.